The number of phenolic OH excluding ortho intramolecular Hbond substituents is 1. The van der Waals surface area contributed by atoms with Crippen LogP contribution >= 0.6 is 0 Å². The van der Waals surface area contributed by atoms with E-state index in [1.807, 2.05) is 56.3 Å². The maximum Gasteiger partial charge on any atom is 0.235 e. The average Bonchev–Trinajstić information content (AvgIpc) is 2.90. The fourth-order valence-electron chi connectivity index (χ4n) is 7.19. The molecule has 0 saturated heterocycles. The lowest BCUT2D eigenvalue weighted by molar-refractivity contribution is -0.181. The number of primary amides is 1. The zero-order chi connectivity index (χ0) is 30.1. The summed E-state index contributed by atoms with van der Waals surface area (Å²) in [6.45, 7) is 2.03. The number of aryl methyl sites for hydroxylation is 1. The molecule has 4 N–H and O–H groups in total. The van der Waals surface area contributed by atoms with E-state index in [0.717, 1.165) is 12.0 Å². The van der Waals surface area contributed by atoms with Gasteiger partial charge in [-0.2, -0.15) is 0 Å². The number of nitrogens with zero attached hydrogens (tertiary/aromatic N) is 2. The van der Waals surface area contributed by atoms with E-state index in [2.05, 4.69) is 0 Å². The maximum absolute atomic E-state index is 14.2. The van der Waals surface area contributed by atoms with E-state index < -0.39 is 64.4 Å². The SMILES string of the molecule is CCc1ccc(-c2cc(N(C)C)c3c(c2O)C(=O)C2C(=O)C4(O)C(=O)C(C(N)=O)C(=O)C(N(C)C)C4CC2C3)cc1. The van der Waals surface area contributed by atoms with Crippen molar-refractivity contribution in [2.45, 2.75) is 37.8 Å². The first-order valence-corrected chi connectivity index (χ1v) is 13.8. The summed E-state index contributed by atoms with van der Waals surface area (Å²) in [5, 5.41) is 23.3. The minimum Gasteiger partial charge on any atom is -0.507 e. The highest BCUT2D eigenvalue weighted by atomic mass is 16.3. The zero-order valence-corrected chi connectivity index (χ0v) is 23.8. The number of carbonyl (C=O) groups excluding carboxylic acids is 5. The number of likely N-dealkylation sites (N-methyl/N-ethyl adjacent to an activating group) is 1. The highest BCUT2D eigenvalue weighted by Gasteiger charge is 2.69. The number of anilines is 1. The lowest BCUT2D eigenvalue weighted by atomic mass is 9.52. The maximum atomic E-state index is 14.2. The molecule has 3 aliphatic rings. The van der Waals surface area contributed by atoms with Gasteiger partial charge in [0.25, 0.3) is 0 Å². The second kappa shape index (κ2) is 9.88. The standard InChI is InChI=1S/C31H35N3O7/c1-6-14-7-9-15(10-8-14)17-13-20(33(2)3)18-11-16-12-19-24(34(4)5)27(37)23(30(32)40)29(39)31(19,41)28(38)21(16)26(36)22(18)25(17)35/h7-10,13,16,19,21,23-24,35,41H,6,11-12H2,1-5H3,(H2,32,40). The molecule has 41 heavy (non-hydrogen) atoms. The third kappa shape index (κ3) is 4.03. The van der Waals surface area contributed by atoms with Crippen LogP contribution in [0.25, 0.3) is 11.1 Å². The molecule has 10 heteroatoms. The van der Waals surface area contributed by atoms with Gasteiger partial charge in [-0.1, -0.05) is 31.2 Å². The summed E-state index contributed by atoms with van der Waals surface area (Å²) in [6, 6.07) is 8.28. The van der Waals surface area contributed by atoms with Crippen molar-refractivity contribution >= 4 is 34.7 Å². The first-order valence-electron chi connectivity index (χ1n) is 13.8. The number of Topliss-reactive ketones (excluding diaryl/α,β-unsaturated/α-hetero) is 4. The Kier molecular flexibility index (Phi) is 6.90. The van der Waals surface area contributed by atoms with Crippen LogP contribution in [0.4, 0.5) is 5.69 Å². The van der Waals surface area contributed by atoms with Gasteiger partial charge < -0.3 is 20.8 Å². The van der Waals surface area contributed by atoms with Crippen molar-refractivity contribution in [2.75, 3.05) is 33.1 Å². The number of ketones is 4. The molecule has 1 amide bonds. The van der Waals surface area contributed by atoms with Gasteiger partial charge in [-0.3, -0.25) is 28.9 Å². The van der Waals surface area contributed by atoms with Crippen molar-refractivity contribution in [1.82, 2.24) is 4.90 Å². The Morgan fingerprint density at radius 3 is 2.22 bits per heavy atom. The van der Waals surface area contributed by atoms with Crippen molar-refractivity contribution in [3.05, 3.63) is 47.0 Å². The van der Waals surface area contributed by atoms with Gasteiger partial charge in [-0.05, 0) is 62.0 Å². The molecule has 0 radical (unpaired) electrons. The van der Waals surface area contributed by atoms with E-state index in [1.165, 1.54) is 4.90 Å². The molecule has 2 aromatic rings. The zero-order valence-electron chi connectivity index (χ0n) is 23.8. The van der Waals surface area contributed by atoms with Crippen LogP contribution in [0.15, 0.2) is 30.3 Å². The highest BCUT2D eigenvalue weighted by molar-refractivity contribution is 6.32. The van der Waals surface area contributed by atoms with Crippen LogP contribution in [-0.2, 0) is 32.0 Å². The van der Waals surface area contributed by atoms with Crippen molar-refractivity contribution in [1.29, 1.82) is 0 Å². The van der Waals surface area contributed by atoms with Crippen LogP contribution in [0.2, 0.25) is 0 Å². The molecule has 0 spiro atoms. The smallest absolute Gasteiger partial charge is 0.235 e. The number of phenols is 1. The van der Waals surface area contributed by atoms with E-state index in [-0.39, 0.29) is 24.2 Å². The number of rotatable bonds is 5. The summed E-state index contributed by atoms with van der Waals surface area (Å²) >= 11 is 0. The van der Waals surface area contributed by atoms with Gasteiger partial charge in [0, 0.05) is 31.3 Å². The first-order chi connectivity index (χ1) is 19.2. The Labute approximate surface area is 238 Å². The Hall–Kier alpha value is -3.89. The molecule has 2 fully saturated rings. The Balaban J connectivity index is 1.67. The van der Waals surface area contributed by atoms with Gasteiger partial charge in [0.1, 0.15) is 5.75 Å². The lowest BCUT2D eigenvalue weighted by Gasteiger charge is -2.52. The van der Waals surface area contributed by atoms with Crippen LogP contribution in [0.5, 0.6) is 5.75 Å². The number of fused-ring (bicyclic) bond motifs is 3. The molecule has 0 aromatic heterocycles. The van der Waals surface area contributed by atoms with Gasteiger partial charge in [-0.15, -0.1) is 0 Å². The van der Waals surface area contributed by atoms with Crippen LogP contribution in [-0.4, -0.2) is 84.0 Å². The Bertz CT molecular complexity index is 1500. The molecule has 3 aliphatic carbocycles. The molecular formula is C31H35N3O7. The summed E-state index contributed by atoms with van der Waals surface area (Å²) in [4.78, 5) is 70.4. The predicted octanol–water partition coefficient (Wildman–Crippen LogP) is 1.16. The number of nitrogens with two attached hydrogens (primary N) is 1. The van der Waals surface area contributed by atoms with E-state index in [1.54, 1.807) is 14.1 Å². The number of amides is 1. The topological polar surface area (TPSA) is 158 Å². The highest BCUT2D eigenvalue weighted by Crippen LogP contribution is 2.53. The number of carbonyl (C=O) groups is 5. The predicted molar refractivity (Wildman–Crippen MR) is 150 cm³/mol. The van der Waals surface area contributed by atoms with Gasteiger partial charge in [0.15, 0.2) is 34.7 Å². The third-order valence-corrected chi connectivity index (χ3v) is 9.19. The molecule has 0 heterocycles. The summed E-state index contributed by atoms with van der Waals surface area (Å²) in [5.41, 5.74) is 6.10. The van der Waals surface area contributed by atoms with Crippen molar-refractivity contribution in [2.24, 2.45) is 29.4 Å². The monoisotopic (exact) mass is 561 g/mol. The molecule has 5 rings (SSSR count). The summed E-state index contributed by atoms with van der Waals surface area (Å²) in [6.07, 6.45) is 1.06. The number of hydrogen-bond acceptors (Lipinski definition) is 9. The van der Waals surface area contributed by atoms with Crippen LogP contribution in [0.1, 0.15) is 34.8 Å². The number of benzene rings is 2. The van der Waals surface area contributed by atoms with Crippen molar-refractivity contribution < 1.29 is 34.2 Å². The molecule has 10 nitrogen and oxygen atoms in total. The minimum absolute atomic E-state index is 0.0117. The molecule has 2 saturated carbocycles. The second-order valence-electron chi connectivity index (χ2n) is 11.9. The fraction of sp³-hybridized carbons (Fsp3) is 0.452. The lowest BCUT2D eigenvalue weighted by Crippen LogP contribution is -2.74. The van der Waals surface area contributed by atoms with E-state index in [9.17, 15) is 34.2 Å². The number of hydrogen-bond donors (Lipinski definition) is 3. The Morgan fingerprint density at radius 1 is 1.05 bits per heavy atom. The summed E-state index contributed by atoms with van der Waals surface area (Å²) in [5.74, 6) is -10.5. The van der Waals surface area contributed by atoms with Crippen LogP contribution in [0.3, 0.4) is 0 Å². The van der Waals surface area contributed by atoms with Crippen molar-refractivity contribution in [3.63, 3.8) is 0 Å². The molecular weight excluding hydrogens is 526 g/mol. The summed E-state index contributed by atoms with van der Waals surface area (Å²) < 4.78 is 0. The van der Waals surface area contributed by atoms with Crippen LogP contribution < -0.4 is 10.6 Å². The summed E-state index contributed by atoms with van der Waals surface area (Å²) in [7, 11) is 6.77. The normalized spacial score (nSPS) is 29.2. The first kappa shape index (κ1) is 28.6. The minimum atomic E-state index is -2.75. The van der Waals surface area contributed by atoms with Gasteiger partial charge in [0.2, 0.25) is 5.91 Å². The molecule has 2 aromatic carbocycles. The van der Waals surface area contributed by atoms with E-state index >= 15 is 0 Å². The van der Waals surface area contributed by atoms with Gasteiger partial charge in [-0.25, -0.2) is 0 Å². The quantitative estimate of drug-likeness (QED) is 0.456. The van der Waals surface area contributed by atoms with E-state index in [4.69, 9.17) is 5.73 Å². The number of aliphatic hydroxyl groups is 1. The van der Waals surface area contributed by atoms with Gasteiger partial charge >= 0.3 is 0 Å². The Morgan fingerprint density at radius 2 is 1.68 bits per heavy atom. The largest absolute Gasteiger partial charge is 0.507 e. The second-order valence-corrected chi connectivity index (χ2v) is 11.9. The molecule has 0 bridgehead atoms. The number of aromatic hydroxyl groups is 1. The third-order valence-electron chi connectivity index (χ3n) is 9.19. The fourth-order valence-corrected chi connectivity index (χ4v) is 7.19. The van der Waals surface area contributed by atoms with Crippen LogP contribution in [0, 0.1) is 23.7 Å². The van der Waals surface area contributed by atoms with E-state index in [0.29, 0.717) is 22.4 Å². The van der Waals surface area contributed by atoms with Crippen molar-refractivity contribution in [3.8, 4) is 16.9 Å². The molecule has 0 aliphatic heterocycles. The average molecular weight is 562 g/mol. The molecule has 216 valence electrons. The molecule has 6 atom stereocenters. The van der Waals surface area contributed by atoms with Gasteiger partial charge in [0.05, 0.1) is 17.5 Å². The molecule has 6 unspecified atom stereocenters.